The van der Waals surface area contributed by atoms with Gasteiger partial charge in [-0.25, -0.2) is 0 Å². The maximum absolute atomic E-state index is 11.5. The van der Waals surface area contributed by atoms with Gasteiger partial charge in [-0.2, -0.15) is 0 Å². The minimum Gasteiger partial charge on any atom is -0.393 e. The van der Waals surface area contributed by atoms with Crippen LogP contribution in [0.25, 0.3) is 0 Å². The third-order valence-corrected chi connectivity index (χ3v) is 4.20. The first kappa shape index (κ1) is 10.4. The third-order valence-electron chi connectivity index (χ3n) is 2.82. The minimum atomic E-state index is -0.176. The van der Waals surface area contributed by atoms with Gasteiger partial charge in [-0.15, -0.1) is 0 Å². The Morgan fingerprint density at radius 3 is 2.50 bits per heavy atom. The van der Waals surface area contributed by atoms with Crippen molar-refractivity contribution in [2.75, 3.05) is 5.75 Å². The molecule has 1 saturated heterocycles. The summed E-state index contributed by atoms with van der Waals surface area (Å²) in [6.07, 6.45) is 3.18. The summed E-state index contributed by atoms with van der Waals surface area (Å²) in [7, 11) is 0. The number of carbonyl (C=O) groups is 1. The smallest absolute Gasteiger partial charge is 0.238 e. The molecule has 0 radical (unpaired) electrons. The number of thiocarbonyl (C=S) groups is 1. The summed E-state index contributed by atoms with van der Waals surface area (Å²) in [4.78, 5) is 13.3. The van der Waals surface area contributed by atoms with E-state index in [2.05, 4.69) is 0 Å². The number of aliphatic hydroxyl groups is 1. The van der Waals surface area contributed by atoms with E-state index in [1.165, 1.54) is 11.8 Å². The number of rotatable bonds is 1. The molecule has 0 aromatic carbocycles. The summed E-state index contributed by atoms with van der Waals surface area (Å²) in [5.74, 6) is 0.638. The first-order valence-electron chi connectivity index (χ1n) is 4.85. The van der Waals surface area contributed by atoms with Gasteiger partial charge in [0, 0.05) is 6.04 Å². The fourth-order valence-corrected chi connectivity index (χ4v) is 3.24. The van der Waals surface area contributed by atoms with Crippen LogP contribution >= 0.6 is 24.0 Å². The molecule has 1 N–H and O–H groups in total. The molecule has 0 spiro atoms. The Kier molecular flexibility index (Phi) is 3.09. The van der Waals surface area contributed by atoms with E-state index in [4.69, 9.17) is 12.2 Å². The second-order valence-electron chi connectivity index (χ2n) is 3.78. The largest absolute Gasteiger partial charge is 0.393 e. The maximum Gasteiger partial charge on any atom is 0.238 e. The van der Waals surface area contributed by atoms with Crippen LogP contribution < -0.4 is 0 Å². The molecule has 0 bridgehead atoms. The van der Waals surface area contributed by atoms with Crippen molar-refractivity contribution in [2.45, 2.75) is 37.8 Å². The zero-order valence-corrected chi connectivity index (χ0v) is 9.44. The Hall–Kier alpha value is -0.130. The lowest BCUT2D eigenvalue weighted by molar-refractivity contribution is -0.126. The fourth-order valence-electron chi connectivity index (χ4n) is 2.03. The molecular formula is C9H13NO2S2. The van der Waals surface area contributed by atoms with Gasteiger partial charge in [0.15, 0.2) is 0 Å². The zero-order valence-electron chi connectivity index (χ0n) is 7.81. The number of hydrogen-bond donors (Lipinski definition) is 1. The van der Waals surface area contributed by atoms with Crippen LogP contribution in [0, 0.1) is 0 Å². The number of aliphatic hydroxyl groups excluding tert-OH is 1. The molecule has 5 heteroatoms. The number of amides is 1. The van der Waals surface area contributed by atoms with Crippen LogP contribution in [0.3, 0.4) is 0 Å². The van der Waals surface area contributed by atoms with Crippen LogP contribution in [-0.4, -0.2) is 38.1 Å². The lowest BCUT2D eigenvalue weighted by Crippen LogP contribution is -2.41. The van der Waals surface area contributed by atoms with Crippen LogP contribution in [0.2, 0.25) is 0 Å². The quantitative estimate of drug-likeness (QED) is 0.687. The molecule has 1 saturated carbocycles. The molecule has 1 amide bonds. The van der Waals surface area contributed by atoms with Crippen LogP contribution in [0.1, 0.15) is 25.7 Å². The minimum absolute atomic E-state index is 0.140. The lowest BCUT2D eigenvalue weighted by atomic mass is 9.92. The summed E-state index contributed by atoms with van der Waals surface area (Å²) in [6.45, 7) is 0. The number of hydrogen-bond acceptors (Lipinski definition) is 4. The van der Waals surface area contributed by atoms with Gasteiger partial charge in [0.2, 0.25) is 5.91 Å². The maximum atomic E-state index is 11.5. The molecule has 2 rings (SSSR count). The normalized spacial score (nSPS) is 33.9. The molecular weight excluding hydrogens is 218 g/mol. The lowest BCUT2D eigenvalue weighted by Gasteiger charge is -2.32. The van der Waals surface area contributed by atoms with Crippen LogP contribution in [-0.2, 0) is 4.79 Å². The molecule has 78 valence electrons. The Morgan fingerprint density at radius 1 is 1.36 bits per heavy atom. The van der Waals surface area contributed by atoms with Crippen LogP contribution in [0.4, 0.5) is 0 Å². The Balaban J connectivity index is 2.00. The van der Waals surface area contributed by atoms with Gasteiger partial charge in [0.05, 0.1) is 11.9 Å². The standard InChI is InChI=1S/C9H13NO2S2/c11-7-3-1-6(2-4-7)10-8(12)5-14-9(10)13/h6-7,11H,1-5H2. The van der Waals surface area contributed by atoms with Crippen LogP contribution in [0.5, 0.6) is 0 Å². The second kappa shape index (κ2) is 4.16. The number of carbonyl (C=O) groups excluding carboxylic acids is 1. The summed E-state index contributed by atoms with van der Waals surface area (Å²) < 4.78 is 0.719. The van der Waals surface area contributed by atoms with Gasteiger partial charge in [-0.05, 0) is 25.7 Å². The van der Waals surface area contributed by atoms with E-state index >= 15 is 0 Å². The van der Waals surface area contributed by atoms with Crippen molar-refractivity contribution < 1.29 is 9.90 Å². The molecule has 1 aliphatic heterocycles. The topological polar surface area (TPSA) is 40.5 Å². The summed E-state index contributed by atoms with van der Waals surface area (Å²) >= 11 is 6.59. The molecule has 2 aliphatic rings. The molecule has 0 aromatic heterocycles. The Morgan fingerprint density at radius 2 is 2.00 bits per heavy atom. The van der Waals surface area contributed by atoms with E-state index in [9.17, 15) is 9.90 Å². The molecule has 3 nitrogen and oxygen atoms in total. The van der Waals surface area contributed by atoms with E-state index in [0.717, 1.165) is 30.0 Å². The first-order chi connectivity index (χ1) is 6.68. The van der Waals surface area contributed by atoms with Crippen molar-refractivity contribution in [2.24, 2.45) is 0 Å². The van der Waals surface area contributed by atoms with E-state index in [1.807, 2.05) is 0 Å². The second-order valence-corrected chi connectivity index (χ2v) is 5.39. The predicted molar refractivity (Wildman–Crippen MR) is 60.2 cm³/mol. The molecule has 14 heavy (non-hydrogen) atoms. The average molecular weight is 231 g/mol. The van der Waals surface area contributed by atoms with E-state index in [-0.39, 0.29) is 18.1 Å². The van der Waals surface area contributed by atoms with Gasteiger partial charge in [-0.1, -0.05) is 24.0 Å². The molecule has 2 fully saturated rings. The zero-order chi connectivity index (χ0) is 10.1. The van der Waals surface area contributed by atoms with Crippen molar-refractivity contribution in [3.05, 3.63) is 0 Å². The Labute approximate surface area is 92.8 Å². The number of nitrogens with zero attached hydrogens (tertiary/aromatic N) is 1. The monoisotopic (exact) mass is 231 g/mol. The summed E-state index contributed by atoms with van der Waals surface area (Å²) in [5, 5.41) is 9.36. The highest BCUT2D eigenvalue weighted by Gasteiger charge is 2.34. The molecule has 0 atom stereocenters. The highest BCUT2D eigenvalue weighted by atomic mass is 32.2. The van der Waals surface area contributed by atoms with Gasteiger partial charge in [0.1, 0.15) is 4.32 Å². The molecule has 1 heterocycles. The average Bonchev–Trinajstić information content (AvgIpc) is 2.49. The van der Waals surface area contributed by atoms with Crippen molar-refractivity contribution in [1.82, 2.24) is 4.90 Å². The van der Waals surface area contributed by atoms with Crippen molar-refractivity contribution in [3.63, 3.8) is 0 Å². The van der Waals surface area contributed by atoms with Crippen molar-refractivity contribution >= 4 is 34.2 Å². The van der Waals surface area contributed by atoms with E-state index in [0.29, 0.717) is 5.75 Å². The van der Waals surface area contributed by atoms with Gasteiger partial charge in [-0.3, -0.25) is 9.69 Å². The van der Waals surface area contributed by atoms with Crippen molar-refractivity contribution in [1.29, 1.82) is 0 Å². The van der Waals surface area contributed by atoms with Gasteiger partial charge >= 0.3 is 0 Å². The molecule has 0 unspecified atom stereocenters. The van der Waals surface area contributed by atoms with Gasteiger partial charge in [0.25, 0.3) is 0 Å². The SMILES string of the molecule is O=C1CSC(=S)N1C1CCC(O)CC1. The third kappa shape index (κ3) is 1.94. The Bertz CT molecular complexity index is 246. The van der Waals surface area contributed by atoms with Crippen LogP contribution in [0.15, 0.2) is 0 Å². The predicted octanol–water partition coefficient (Wildman–Crippen LogP) is 1.15. The number of thioether (sulfide) groups is 1. The summed E-state index contributed by atoms with van der Waals surface area (Å²) in [5.41, 5.74) is 0. The first-order valence-corrected chi connectivity index (χ1v) is 6.25. The fraction of sp³-hybridized carbons (Fsp3) is 0.778. The highest BCUT2D eigenvalue weighted by Crippen LogP contribution is 2.29. The summed E-state index contributed by atoms with van der Waals surface area (Å²) in [6, 6.07) is 0.244. The van der Waals surface area contributed by atoms with E-state index < -0.39 is 0 Å². The van der Waals surface area contributed by atoms with Gasteiger partial charge < -0.3 is 5.11 Å². The highest BCUT2D eigenvalue weighted by molar-refractivity contribution is 8.23. The molecule has 0 aromatic rings. The molecule has 1 aliphatic carbocycles. The van der Waals surface area contributed by atoms with E-state index in [1.54, 1.807) is 4.90 Å². The van der Waals surface area contributed by atoms with Crippen molar-refractivity contribution in [3.8, 4) is 0 Å².